The second-order valence-corrected chi connectivity index (χ2v) is 4.51. The van der Waals surface area contributed by atoms with Crippen LogP contribution in [0.5, 0.6) is 0 Å². The van der Waals surface area contributed by atoms with Gasteiger partial charge in [0.1, 0.15) is 0 Å². The minimum Gasteiger partial charge on any atom is -0.376 e. The Balaban J connectivity index is 1.72. The van der Waals surface area contributed by atoms with Gasteiger partial charge in [0.15, 0.2) is 0 Å². The predicted octanol–water partition coefficient (Wildman–Crippen LogP) is 0.0856. The van der Waals surface area contributed by atoms with Crippen LogP contribution in [0.1, 0.15) is 13.3 Å². The van der Waals surface area contributed by atoms with Crippen molar-refractivity contribution in [2.75, 3.05) is 46.0 Å². The van der Waals surface area contributed by atoms with E-state index in [1.165, 1.54) is 13.0 Å². The summed E-state index contributed by atoms with van der Waals surface area (Å²) >= 11 is 0. The average Bonchev–Trinajstić information content (AvgIpc) is 2.46. The van der Waals surface area contributed by atoms with E-state index in [-0.39, 0.29) is 6.10 Å². The zero-order valence-electron chi connectivity index (χ0n) is 9.58. The number of rotatable bonds is 2. The highest BCUT2D eigenvalue weighted by atomic mass is 16.6. The Kier molecular flexibility index (Phi) is 4.38. The maximum atomic E-state index is 5.66. The molecule has 0 saturated carbocycles. The van der Waals surface area contributed by atoms with E-state index in [9.17, 15) is 0 Å². The van der Waals surface area contributed by atoms with Crippen LogP contribution in [0, 0.1) is 0 Å². The summed E-state index contributed by atoms with van der Waals surface area (Å²) in [4.78, 5) is 2.48. The first-order valence-electron chi connectivity index (χ1n) is 5.99. The van der Waals surface area contributed by atoms with E-state index in [0.717, 1.165) is 39.5 Å². The van der Waals surface area contributed by atoms with Crippen molar-refractivity contribution in [3.8, 4) is 0 Å². The Morgan fingerprint density at radius 1 is 1.33 bits per heavy atom. The quantitative estimate of drug-likeness (QED) is 0.706. The van der Waals surface area contributed by atoms with Gasteiger partial charge in [0.2, 0.25) is 0 Å². The molecule has 2 atom stereocenters. The van der Waals surface area contributed by atoms with E-state index in [2.05, 4.69) is 17.1 Å². The Labute approximate surface area is 91.9 Å². The molecule has 2 unspecified atom stereocenters. The first-order chi connectivity index (χ1) is 7.34. The van der Waals surface area contributed by atoms with Crippen molar-refractivity contribution >= 4 is 0 Å². The van der Waals surface area contributed by atoms with Gasteiger partial charge in [-0.1, -0.05) is 0 Å². The van der Waals surface area contributed by atoms with Gasteiger partial charge >= 0.3 is 0 Å². The van der Waals surface area contributed by atoms with Gasteiger partial charge < -0.3 is 14.8 Å². The second-order valence-electron chi connectivity index (χ2n) is 4.51. The molecule has 2 saturated heterocycles. The van der Waals surface area contributed by atoms with Crippen LogP contribution in [0.25, 0.3) is 0 Å². The van der Waals surface area contributed by atoms with Gasteiger partial charge in [0.05, 0.1) is 25.9 Å². The monoisotopic (exact) mass is 214 g/mol. The number of hydrogen-bond donors (Lipinski definition) is 1. The highest BCUT2D eigenvalue weighted by molar-refractivity contribution is 4.75. The molecule has 0 spiro atoms. The second kappa shape index (κ2) is 5.80. The molecule has 2 rings (SSSR count). The van der Waals surface area contributed by atoms with Crippen molar-refractivity contribution in [2.24, 2.45) is 0 Å². The SMILES string of the molecule is CC1CCN(CC2COCCO2)CCN1. The van der Waals surface area contributed by atoms with Gasteiger partial charge in [-0.3, -0.25) is 4.90 Å². The highest BCUT2D eigenvalue weighted by Crippen LogP contribution is 2.06. The molecule has 2 aliphatic heterocycles. The van der Waals surface area contributed by atoms with Crippen LogP contribution >= 0.6 is 0 Å². The first kappa shape index (κ1) is 11.3. The largest absolute Gasteiger partial charge is 0.376 e. The van der Waals surface area contributed by atoms with Crippen molar-refractivity contribution in [1.29, 1.82) is 0 Å². The molecule has 0 amide bonds. The summed E-state index contributed by atoms with van der Waals surface area (Å²) < 4.78 is 11.1. The molecule has 4 nitrogen and oxygen atoms in total. The molecule has 0 aromatic carbocycles. The van der Waals surface area contributed by atoms with E-state index in [4.69, 9.17) is 9.47 Å². The van der Waals surface area contributed by atoms with Gasteiger partial charge in [-0.15, -0.1) is 0 Å². The summed E-state index contributed by atoms with van der Waals surface area (Å²) in [5, 5.41) is 3.50. The topological polar surface area (TPSA) is 33.7 Å². The van der Waals surface area contributed by atoms with E-state index < -0.39 is 0 Å². The van der Waals surface area contributed by atoms with Crippen molar-refractivity contribution in [3.05, 3.63) is 0 Å². The maximum absolute atomic E-state index is 5.66. The van der Waals surface area contributed by atoms with Crippen LogP contribution in [0.3, 0.4) is 0 Å². The highest BCUT2D eigenvalue weighted by Gasteiger charge is 2.20. The third kappa shape index (κ3) is 3.72. The third-order valence-electron chi connectivity index (χ3n) is 3.15. The molecule has 0 bridgehead atoms. The first-order valence-corrected chi connectivity index (χ1v) is 5.99. The molecule has 4 heteroatoms. The molecule has 15 heavy (non-hydrogen) atoms. The van der Waals surface area contributed by atoms with E-state index >= 15 is 0 Å². The molecule has 2 heterocycles. The standard InChI is InChI=1S/C11H22N2O2/c1-10-2-4-13(5-3-12-10)8-11-9-14-6-7-15-11/h10-12H,2-9H2,1H3. The van der Waals surface area contributed by atoms with Gasteiger partial charge in [0.25, 0.3) is 0 Å². The van der Waals surface area contributed by atoms with Crippen molar-refractivity contribution < 1.29 is 9.47 Å². The molecule has 0 aromatic heterocycles. The Bertz CT molecular complexity index is 183. The van der Waals surface area contributed by atoms with Crippen LogP contribution < -0.4 is 5.32 Å². The number of ether oxygens (including phenoxy) is 2. The van der Waals surface area contributed by atoms with E-state index in [1.807, 2.05) is 0 Å². The number of hydrogen-bond acceptors (Lipinski definition) is 4. The summed E-state index contributed by atoms with van der Waals surface area (Å²) in [6, 6.07) is 0.651. The van der Waals surface area contributed by atoms with Crippen LogP contribution in [0.2, 0.25) is 0 Å². The molecular weight excluding hydrogens is 192 g/mol. The van der Waals surface area contributed by atoms with Crippen LogP contribution in [-0.4, -0.2) is 63.0 Å². The zero-order chi connectivity index (χ0) is 10.5. The zero-order valence-corrected chi connectivity index (χ0v) is 9.58. The van der Waals surface area contributed by atoms with E-state index in [1.54, 1.807) is 0 Å². The smallest absolute Gasteiger partial charge is 0.0936 e. The van der Waals surface area contributed by atoms with Crippen molar-refractivity contribution in [3.63, 3.8) is 0 Å². The van der Waals surface area contributed by atoms with Gasteiger partial charge in [-0.2, -0.15) is 0 Å². The normalized spacial score (nSPS) is 35.0. The number of nitrogens with one attached hydrogen (secondary N) is 1. The minimum atomic E-state index is 0.284. The lowest BCUT2D eigenvalue weighted by molar-refractivity contribution is -0.0971. The van der Waals surface area contributed by atoms with E-state index in [0.29, 0.717) is 6.04 Å². The predicted molar refractivity (Wildman–Crippen MR) is 59.1 cm³/mol. The molecule has 1 N–H and O–H groups in total. The third-order valence-corrected chi connectivity index (χ3v) is 3.15. The minimum absolute atomic E-state index is 0.284. The van der Waals surface area contributed by atoms with Crippen molar-refractivity contribution in [2.45, 2.75) is 25.5 Å². The molecule has 0 aliphatic carbocycles. The Morgan fingerprint density at radius 2 is 2.27 bits per heavy atom. The fourth-order valence-corrected chi connectivity index (χ4v) is 2.17. The van der Waals surface area contributed by atoms with Gasteiger partial charge in [0, 0.05) is 25.7 Å². The van der Waals surface area contributed by atoms with Crippen LogP contribution in [-0.2, 0) is 9.47 Å². The Hall–Kier alpha value is -0.160. The fourth-order valence-electron chi connectivity index (χ4n) is 2.17. The Morgan fingerprint density at radius 3 is 3.07 bits per heavy atom. The van der Waals surface area contributed by atoms with Crippen LogP contribution in [0.4, 0.5) is 0 Å². The molecule has 0 radical (unpaired) electrons. The van der Waals surface area contributed by atoms with Crippen molar-refractivity contribution in [1.82, 2.24) is 10.2 Å². The van der Waals surface area contributed by atoms with Crippen LogP contribution in [0.15, 0.2) is 0 Å². The average molecular weight is 214 g/mol. The van der Waals surface area contributed by atoms with Gasteiger partial charge in [-0.25, -0.2) is 0 Å². The molecule has 88 valence electrons. The van der Waals surface area contributed by atoms with Gasteiger partial charge in [-0.05, 0) is 19.9 Å². The molecular formula is C11H22N2O2. The lowest BCUT2D eigenvalue weighted by atomic mass is 10.2. The summed E-state index contributed by atoms with van der Waals surface area (Å²) in [5.41, 5.74) is 0. The summed E-state index contributed by atoms with van der Waals surface area (Å²) in [5.74, 6) is 0. The lowest BCUT2D eigenvalue weighted by Gasteiger charge is -2.28. The number of nitrogens with zero attached hydrogens (tertiary/aromatic N) is 1. The summed E-state index contributed by atoms with van der Waals surface area (Å²) in [6.07, 6.45) is 1.51. The lowest BCUT2D eigenvalue weighted by Crippen LogP contribution is -2.41. The molecule has 2 fully saturated rings. The molecule has 0 aromatic rings. The molecule has 2 aliphatic rings. The maximum Gasteiger partial charge on any atom is 0.0936 e. The fraction of sp³-hybridized carbons (Fsp3) is 1.00. The summed E-state index contributed by atoms with van der Waals surface area (Å²) in [7, 11) is 0. The summed E-state index contributed by atoms with van der Waals surface area (Å²) in [6.45, 7) is 8.95.